The standard InChI is InChI=1S/C5H8N2.C2H6.C2H4/c1-5-3-7(2)4-6-5;2*1-2/h3-4H,1-2H3;1-2H3;1-2H2. The van der Waals surface area contributed by atoms with E-state index in [1.807, 2.05) is 38.6 Å². The van der Waals surface area contributed by atoms with E-state index in [0.717, 1.165) is 5.69 Å². The van der Waals surface area contributed by atoms with E-state index in [1.54, 1.807) is 6.33 Å². The molecule has 1 aromatic heterocycles. The Labute approximate surface area is 69.6 Å². The highest BCUT2D eigenvalue weighted by atomic mass is 15.0. The van der Waals surface area contributed by atoms with Crippen molar-refractivity contribution in [3.05, 3.63) is 31.4 Å². The van der Waals surface area contributed by atoms with E-state index in [2.05, 4.69) is 18.1 Å². The van der Waals surface area contributed by atoms with Gasteiger partial charge in [0, 0.05) is 13.2 Å². The van der Waals surface area contributed by atoms with Gasteiger partial charge < -0.3 is 4.57 Å². The maximum atomic E-state index is 3.98. The second-order valence-corrected chi connectivity index (χ2v) is 1.68. The highest BCUT2D eigenvalue weighted by molar-refractivity contribution is 4.90. The minimum Gasteiger partial charge on any atom is -0.340 e. The van der Waals surface area contributed by atoms with E-state index < -0.39 is 0 Å². The van der Waals surface area contributed by atoms with Gasteiger partial charge in [-0.05, 0) is 6.92 Å². The Morgan fingerprint density at radius 3 is 1.91 bits per heavy atom. The molecule has 0 aromatic carbocycles. The average molecular weight is 154 g/mol. The van der Waals surface area contributed by atoms with Crippen molar-refractivity contribution in [2.75, 3.05) is 0 Å². The van der Waals surface area contributed by atoms with E-state index in [0.29, 0.717) is 0 Å². The van der Waals surface area contributed by atoms with Crippen molar-refractivity contribution in [2.24, 2.45) is 7.05 Å². The summed E-state index contributed by atoms with van der Waals surface area (Å²) in [6.45, 7) is 12.0. The molecule has 2 nitrogen and oxygen atoms in total. The van der Waals surface area contributed by atoms with Crippen LogP contribution in [0.4, 0.5) is 0 Å². The Balaban J connectivity index is 0. The fourth-order valence-corrected chi connectivity index (χ4v) is 0.544. The first-order valence-electron chi connectivity index (χ1n) is 3.73. The van der Waals surface area contributed by atoms with Crippen LogP contribution in [0.1, 0.15) is 19.5 Å². The van der Waals surface area contributed by atoms with Crippen LogP contribution in [0.5, 0.6) is 0 Å². The lowest BCUT2D eigenvalue weighted by atomic mass is 10.6. The van der Waals surface area contributed by atoms with Gasteiger partial charge in [-0.3, -0.25) is 0 Å². The van der Waals surface area contributed by atoms with Gasteiger partial charge in [0.2, 0.25) is 0 Å². The second-order valence-electron chi connectivity index (χ2n) is 1.68. The van der Waals surface area contributed by atoms with Crippen molar-refractivity contribution in [3.8, 4) is 0 Å². The first-order valence-corrected chi connectivity index (χ1v) is 3.73. The molecule has 0 fully saturated rings. The van der Waals surface area contributed by atoms with Gasteiger partial charge in [0.1, 0.15) is 0 Å². The predicted molar refractivity (Wildman–Crippen MR) is 50.5 cm³/mol. The molecular formula is C9H18N2. The summed E-state index contributed by atoms with van der Waals surface area (Å²) < 4.78 is 1.93. The van der Waals surface area contributed by atoms with Crippen molar-refractivity contribution in [3.63, 3.8) is 0 Å². The first-order chi connectivity index (χ1) is 5.29. The molecule has 0 unspecified atom stereocenters. The molecule has 0 saturated carbocycles. The molecule has 0 aliphatic rings. The number of aryl methyl sites for hydroxylation is 2. The normalized spacial score (nSPS) is 6.91. The molecule has 1 rings (SSSR count). The van der Waals surface area contributed by atoms with Crippen LogP contribution < -0.4 is 0 Å². The van der Waals surface area contributed by atoms with Crippen LogP contribution in [0.25, 0.3) is 0 Å². The fourth-order valence-electron chi connectivity index (χ4n) is 0.544. The summed E-state index contributed by atoms with van der Waals surface area (Å²) in [7, 11) is 1.96. The lowest BCUT2D eigenvalue weighted by molar-refractivity contribution is 0.913. The summed E-state index contributed by atoms with van der Waals surface area (Å²) in [6, 6.07) is 0. The van der Waals surface area contributed by atoms with E-state index in [-0.39, 0.29) is 0 Å². The molecule has 0 saturated heterocycles. The monoisotopic (exact) mass is 154 g/mol. The summed E-state index contributed by atoms with van der Waals surface area (Å²) in [5, 5.41) is 0. The van der Waals surface area contributed by atoms with E-state index in [1.165, 1.54) is 0 Å². The van der Waals surface area contributed by atoms with Gasteiger partial charge in [0.15, 0.2) is 0 Å². The molecule has 0 aliphatic carbocycles. The van der Waals surface area contributed by atoms with E-state index >= 15 is 0 Å². The molecule has 11 heavy (non-hydrogen) atoms. The van der Waals surface area contributed by atoms with Crippen molar-refractivity contribution in [1.29, 1.82) is 0 Å². The van der Waals surface area contributed by atoms with E-state index in [9.17, 15) is 0 Å². The molecule has 0 atom stereocenters. The smallest absolute Gasteiger partial charge is 0.0946 e. The van der Waals surface area contributed by atoms with Gasteiger partial charge in [-0.2, -0.15) is 0 Å². The summed E-state index contributed by atoms with van der Waals surface area (Å²) in [5.41, 5.74) is 1.07. The van der Waals surface area contributed by atoms with Crippen molar-refractivity contribution < 1.29 is 0 Å². The summed E-state index contributed by atoms with van der Waals surface area (Å²) in [4.78, 5) is 3.98. The Kier molecular flexibility index (Phi) is 10.3. The lowest BCUT2D eigenvalue weighted by Gasteiger charge is -1.78. The molecular weight excluding hydrogens is 136 g/mol. The zero-order valence-electron chi connectivity index (χ0n) is 7.96. The van der Waals surface area contributed by atoms with Gasteiger partial charge in [0.05, 0.1) is 12.0 Å². The van der Waals surface area contributed by atoms with Gasteiger partial charge in [-0.25, -0.2) is 4.98 Å². The number of hydrogen-bond donors (Lipinski definition) is 0. The van der Waals surface area contributed by atoms with Crippen LogP contribution in [0.15, 0.2) is 25.7 Å². The Morgan fingerprint density at radius 2 is 1.82 bits per heavy atom. The number of nitrogens with zero attached hydrogens (tertiary/aromatic N) is 2. The SMILES string of the molecule is C=C.CC.Cc1cn(C)cn1. The summed E-state index contributed by atoms with van der Waals surface area (Å²) in [5.74, 6) is 0. The Bertz CT molecular complexity index is 151. The number of imidazole rings is 1. The molecule has 0 bridgehead atoms. The zero-order valence-corrected chi connectivity index (χ0v) is 7.96. The third-order valence-corrected chi connectivity index (χ3v) is 0.834. The number of hydrogen-bond acceptors (Lipinski definition) is 1. The zero-order chi connectivity index (χ0) is 9.28. The molecule has 1 aromatic rings. The van der Waals surface area contributed by atoms with Crippen LogP contribution >= 0.6 is 0 Å². The van der Waals surface area contributed by atoms with Crippen LogP contribution in [0, 0.1) is 6.92 Å². The van der Waals surface area contributed by atoms with Crippen LogP contribution in [-0.2, 0) is 7.05 Å². The quantitative estimate of drug-likeness (QED) is 0.525. The van der Waals surface area contributed by atoms with Gasteiger partial charge >= 0.3 is 0 Å². The van der Waals surface area contributed by atoms with Gasteiger partial charge in [-0.15, -0.1) is 13.2 Å². The predicted octanol–water partition coefficient (Wildman–Crippen LogP) is 2.56. The van der Waals surface area contributed by atoms with Crippen molar-refractivity contribution in [2.45, 2.75) is 20.8 Å². The molecule has 0 spiro atoms. The minimum atomic E-state index is 1.07. The van der Waals surface area contributed by atoms with Crippen LogP contribution in [0.3, 0.4) is 0 Å². The topological polar surface area (TPSA) is 17.8 Å². The van der Waals surface area contributed by atoms with Crippen molar-refractivity contribution >= 4 is 0 Å². The van der Waals surface area contributed by atoms with E-state index in [4.69, 9.17) is 0 Å². The van der Waals surface area contributed by atoms with Crippen molar-refractivity contribution in [1.82, 2.24) is 9.55 Å². The number of aromatic nitrogens is 2. The van der Waals surface area contributed by atoms with Crippen LogP contribution in [0.2, 0.25) is 0 Å². The largest absolute Gasteiger partial charge is 0.340 e. The molecule has 1 heterocycles. The first kappa shape index (κ1) is 12.6. The van der Waals surface area contributed by atoms with Gasteiger partial charge in [-0.1, -0.05) is 13.8 Å². The molecule has 0 radical (unpaired) electrons. The minimum absolute atomic E-state index is 1.07. The average Bonchev–Trinajstić information content (AvgIpc) is 2.43. The second kappa shape index (κ2) is 8.95. The molecule has 64 valence electrons. The summed E-state index contributed by atoms with van der Waals surface area (Å²) in [6.07, 6.45) is 3.76. The molecule has 2 heteroatoms. The molecule has 0 amide bonds. The molecule has 0 aliphatic heterocycles. The highest BCUT2D eigenvalue weighted by Gasteiger charge is 1.81. The summed E-state index contributed by atoms with van der Waals surface area (Å²) >= 11 is 0. The Hall–Kier alpha value is -1.05. The molecule has 0 N–H and O–H groups in total. The third-order valence-electron chi connectivity index (χ3n) is 0.834. The number of rotatable bonds is 0. The Morgan fingerprint density at radius 1 is 1.36 bits per heavy atom. The highest BCUT2D eigenvalue weighted by Crippen LogP contribution is 1.86. The fraction of sp³-hybridized carbons (Fsp3) is 0.444. The maximum absolute atomic E-state index is 3.98. The van der Waals surface area contributed by atoms with Gasteiger partial charge in [0.25, 0.3) is 0 Å². The third kappa shape index (κ3) is 6.84. The maximum Gasteiger partial charge on any atom is 0.0946 e. The lowest BCUT2D eigenvalue weighted by Crippen LogP contribution is -1.76. The van der Waals surface area contributed by atoms with Crippen LogP contribution in [-0.4, -0.2) is 9.55 Å².